The van der Waals surface area contributed by atoms with E-state index in [1.807, 2.05) is 24.3 Å². The first kappa shape index (κ1) is 32.9. The molecule has 242 valence electrons. The van der Waals surface area contributed by atoms with Gasteiger partial charge >= 0.3 is 5.97 Å². The number of hydrogen-bond acceptors (Lipinski definition) is 4. The Morgan fingerprint density at radius 1 is 0.886 bits per heavy atom. The van der Waals surface area contributed by atoms with Gasteiger partial charge < -0.3 is 21.1 Å². The highest BCUT2D eigenvalue weighted by molar-refractivity contribution is 5.70. The van der Waals surface area contributed by atoms with Gasteiger partial charge in [0, 0.05) is 5.69 Å². The van der Waals surface area contributed by atoms with Gasteiger partial charge in [0.15, 0.2) is 0 Å². The van der Waals surface area contributed by atoms with Gasteiger partial charge in [-0.15, -0.1) is 0 Å². The van der Waals surface area contributed by atoms with Crippen molar-refractivity contribution in [3.05, 3.63) is 58.7 Å². The SMILES string of the molecule is C[C@]12CC[C@@H]3c4ccc(O)cc4CC[C@H]3[C@@H]1C[C@H](CCCCCCCCCCCCCc1cc(N)cc(CC(=O)O)c1)[C@@H]2O. The molecule has 2 aromatic rings. The van der Waals surface area contributed by atoms with Crippen LogP contribution < -0.4 is 5.73 Å². The number of fused-ring (bicyclic) bond motifs is 5. The van der Waals surface area contributed by atoms with E-state index in [1.54, 1.807) is 6.07 Å². The predicted molar refractivity (Wildman–Crippen MR) is 179 cm³/mol. The first-order valence-electron chi connectivity index (χ1n) is 17.8. The zero-order valence-corrected chi connectivity index (χ0v) is 27.1. The average Bonchev–Trinajstić information content (AvgIpc) is 3.24. The van der Waals surface area contributed by atoms with Crippen molar-refractivity contribution in [1.29, 1.82) is 0 Å². The van der Waals surface area contributed by atoms with Crippen molar-refractivity contribution in [2.45, 2.75) is 141 Å². The molecule has 5 N–H and O–H groups in total. The maximum Gasteiger partial charge on any atom is 0.307 e. The van der Waals surface area contributed by atoms with Crippen LogP contribution in [0.15, 0.2) is 36.4 Å². The molecule has 0 saturated heterocycles. The summed E-state index contributed by atoms with van der Waals surface area (Å²) < 4.78 is 0. The number of aliphatic carboxylic acids is 1. The van der Waals surface area contributed by atoms with Gasteiger partial charge in [-0.3, -0.25) is 4.79 Å². The van der Waals surface area contributed by atoms with Gasteiger partial charge in [0.2, 0.25) is 0 Å². The van der Waals surface area contributed by atoms with Gasteiger partial charge in [-0.05, 0) is 127 Å². The molecule has 0 radical (unpaired) electrons. The van der Waals surface area contributed by atoms with Crippen LogP contribution in [-0.2, 0) is 24.1 Å². The molecule has 44 heavy (non-hydrogen) atoms. The van der Waals surface area contributed by atoms with Crippen LogP contribution in [0, 0.1) is 23.2 Å². The van der Waals surface area contributed by atoms with Crippen molar-refractivity contribution in [1.82, 2.24) is 0 Å². The number of aryl methyl sites for hydroxylation is 2. The second-order valence-electron chi connectivity index (χ2n) is 14.9. The first-order chi connectivity index (χ1) is 21.2. The monoisotopic (exact) mass is 603 g/mol. The highest BCUT2D eigenvalue weighted by Crippen LogP contribution is 2.62. The van der Waals surface area contributed by atoms with E-state index in [1.165, 1.54) is 101 Å². The molecule has 6 atom stereocenters. The molecule has 5 nitrogen and oxygen atoms in total. The van der Waals surface area contributed by atoms with E-state index in [9.17, 15) is 15.0 Å². The third-order valence-corrected chi connectivity index (χ3v) is 11.8. The molecule has 0 aromatic heterocycles. The number of aromatic hydroxyl groups is 1. The minimum absolute atomic E-state index is 0.0345. The number of aliphatic hydroxyl groups excluding tert-OH is 1. The lowest BCUT2D eigenvalue weighted by Crippen LogP contribution is -2.44. The molecule has 0 amide bonds. The van der Waals surface area contributed by atoms with E-state index < -0.39 is 5.97 Å². The Morgan fingerprint density at radius 2 is 1.55 bits per heavy atom. The number of carboxylic acid groups (broad SMARTS) is 1. The standard InChI is InChI=1S/C39H57NO4/c1-39-20-19-34-33-18-16-32(41)25-29(33)15-17-35(34)36(39)26-30(38(39)44)14-12-10-8-6-4-2-3-5-7-9-11-13-27-21-28(24-37(42)43)23-31(40)22-27/h16,18,21-23,25,30,34-36,38,41,44H,2-15,17,19-20,24,26,40H2,1H3,(H,42,43)/t30-,34+,35+,36-,38-,39-/m0/s1. The molecule has 5 rings (SSSR count). The van der Waals surface area contributed by atoms with Crippen LogP contribution in [0.25, 0.3) is 0 Å². The van der Waals surface area contributed by atoms with Crippen molar-refractivity contribution < 1.29 is 20.1 Å². The fourth-order valence-corrected chi connectivity index (χ4v) is 9.54. The van der Waals surface area contributed by atoms with Crippen LogP contribution in [0.5, 0.6) is 5.75 Å². The molecule has 3 aliphatic carbocycles. The number of hydrogen-bond donors (Lipinski definition) is 4. The maximum atomic E-state index is 11.5. The number of unbranched alkanes of at least 4 members (excludes halogenated alkanes) is 10. The van der Waals surface area contributed by atoms with Crippen LogP contribution >= 0.6 is 0 Å². The van der Waals surface area contributed by atoms with E-state index in [4.69, 9.17) is 10.8 Å². The highest BCUT2D eigenvalue weighted by Gasteiger charge is 2.57. The summed E-state index contributed by atoms with van der Waals surface area (Å²) in [6.07, 6.45) is 22.0. The van der Waals surface area contributed by atoms with Crippen LogP contribution in [0.2, 0.25) is 0 Å². The summed E-state index contributed by atoms with van der Waals surface area (Å²) in [5.41, 5.74) is 11.5. The Labute approximate surface area is 265 Å². The van der Waals surface area contributed by atoms with Crippen LogP contribution in [0.4, 0.5) is 5.69 Å². The number of carbonyl (C=O) groups is 1. The Kier molecular flexibility index (Phi) is 11.3. The second kappa shape index (κ2) is 15.2. The van der Waals surface area contributed by atoms with E-state index >= 15 is 0 Å². The zero-order valence-electron chi connectivity index (χ0n) is 27.1. The quantitative estimate of drug-likeness (QED) is 0.113. The Hall–Kier alpha value is -2.53. The van der Waals surface area contributed by atoms with Gasteiger partial charge in [0.05, 0.1) is 12.5 Å². The Morgan fingerprint density at radius 3 is 2.25 bits per heavy atom. The molecule has 3 aliphatic rings. The van der Waals surface area contributed by atoms with Gasteiger partial charge in [0.1, 0.15) is 5.75 Å². The lowest BCUT2D eigenvalue weighted by atomic mass is 9.55. The first-order valence-corrected chi connectivity index (χ1v) is 17.8. The van der Waals surface area contributed by atoms with E-state index in [0.29, 0.717) is 35.1 Å². The van der Waals surface area contributed by atoms with Crippen LogP contribution in [0.1, 0.15) is 138 Å². The number of aliphatic hydroxyl groups is 1. The number of carboxylic acids is 1. The molecular formula is C39H57NO4. The highest BCUT2D eigenvalue weighted by atomic mass is 16.4. The summed E-state index contributed by atoms with van der Waals surface area (Å²) in [7, 11) is 0. The third kappa shape index (κ3) is 8.00. The lowest BCUT2D eigenvalue weighted by molar-refractivity contribution is -0.136. The maximum absolute atomic E-state index is 11.5. The molecule has 0 unspecified atom stereocenters. The van der Waals surface area contributed by atoms with Crippen molar-refractivity contribution in [3.63, 3.8) is 0 Å². The van der Waals surface area contributed by atoms with E-state index in [-0.39, 0.29) is 17.9 Å². The Bertz CT molecular complexity index is 1240. The number of phenolic OH excluding ortho intramolecular Hbond substituents is 1. The number of nitrogen functional groups attached to an aromatic ring is 1. The van der Waals surface area contributed by atoms with Gasteiger partial charge in [0.25, 0.3) is 0 Å². The van der Waals surface area contributed by atoms with Crippen molar-refractivity contribution in [2.24, 2.45) is 23.2 Å². The summed E-state index contributed by atoms with van der Waals surface area (Å²) >= 11 is 0. The number of anilines is 1. The lowest BCUT2D eigenvalue weighted by Gasteiger charge is -2.50. The summed E-state index contributed by atoms with van der Waals surface area (Å²) in [6.45, 7) is 2.39. The van der Waals surface area contributed by atoms with Gasteiger partial charge in [-0.2, -0.15) is 0 Å². The van der Waals surface area contributed by atoms with Crippen molar-refractivity contribution >= 4 is 11.7 Å². The summed E-state index contributed by atoms with van der Waals surface area (Å²) in [5.74, 6) is 1.98. The van der Waals surface area contributed by atoms with Crippen LogP contribution in [-0.4, -0.2) is 27.4 Å². The van der Waals surface area contributed by atoms with Crippen molar-refractivity contribution in [2.75, 3.05) is 5.73 Å². The fourth-order valence-electron chi connectivity index (χ4n) is 9.54. The predicted octanol–water partition coefficient (Wildman–Crippen LogP) is 8.97. The minimum Gasteiger partial charge on any atom is -0.508 e. The summed E-state index contributed by atoms with van der Waals surface area (Å²) in [6, 6.07) is 11.8. The summed E-state index contributed by atoms with van der Waals surface area (Å²) in [4.78, 5) is 11.0. The zero-order chi connectivity index (χ0) is 31.1. The smallest absolute Gasteiger partial charge is 0.307 e. The second-order valence-corrected chi connectivity index (χ2v) is 14.9. The van der Waals surface area contributed by atoms with Crippen molar-refractivity contribution in [3.8, 4) is 5.75 Å². The van der Waals surface area contributed by atoms with Gasteiger partial charge in [-0.25, -0.2) is 0 Å². The molecule has 0 aliphatic heterocycles. The number of nitrogens with two attached hydrogens (primary N) is 1. The third-order valence-electron chi connectivity index (χ3n) is 11.8. The minimum atomic E-state index is -0.814. The van der Waals surface area contributed by atoms with E-state index in [0.717, 1.165) is 36.8 Å². The summed E-state index contributed by atoms with van der Waals surface area (Å²) in [5, 5.41) is 30.5. The van der Waals surface area contributed by atoms with Gasteiger partial charge in [-0.1, -0.05) is 83.3 Å². The number of benzene rings is 2. The molecule has 0 spiro atoms. The topological polar surface area (TPSA) is 104 Å². The normalized spacial score (nSPS) is 27.5. The average molecular weight is 604 g/mol. The Balaban J connectivity index is 0.910. The van der Waals surface area contributed by atoms with Crippen LogP contribution in [0.3, 0.4) is 0 Å². The molecule has 2 aromatic carbocycles. The fraction of sp³-hybridized carbons (Fsp3) is 0.667. The molecule has 0 bridgehead atoms. The molecule has 5 heteroatoms. The van der Waals surface area contributed by atoms with E-state index in [2.05, 4.69) is 13.0 Å². The molecular weight excluding hydrogens is 546 g/mol. The largest absolute Gasteiger partial charge is 0.508 e. The molecule has 0 heterocycles. The number of rotatable bonds is 16. The number of phenols is 1. The molecule has 2 fully saturated rings. The molecule has 2 saturated carbocycles.